The summed E-state index contributed by atoms with van der Waals surface area (Å²) in [4.78, 5) is -2.29. The van der Waals surface area contributed by atoms with Crippen molar-refractivity contribution in [2.75, 3.05) is 0 Å². The Labute approximate surface area is 511 Å². The normalized spacial score (nSPS) is 28.6. The molecule has 8 atom stereocenters. The molecule has 0 aromatic heterocycles. The van der Waals surface area contributed by atoms with Gasteiger partial charge in [0.1, 0.15) is 10.5 Å². The van der Waals surface area contributed by atoms with Crippen molar-refractivity contribution in [1.82, 2.24) is 0 Å². The quantitative estimate of drug-likeness (QED) is 0.0809. The lowest BCUT2D eigenvalue weighted by atomic mass is 10.2. The zero-order chi connectivity index (χ0) is 61.7. The van der Waals surface area contributed by atoms with E-state index in [-0.39, 0.29) is 52.0 Å². The fraction of sp³-hybridized carbons (Fsp3) is 0.0400. The molecule has 0 aliphatic carbocycles. The van der Waals surface area contributed by atoms with Gasteiger partial charge in [-0.3, -0.25) is 18.2 Å². The zero-order valence-corrected chi connectivity index (χ0v) is 58.7. The van der Waals surface area contributed by atoms with Crippen molar-refractivity contribution < 1.29 is 101 Å². The van der Waals surface area contributed by atoms with Gasteiger partial charge in [-0.25, -0.2) is 0 Å². The van der Waals surface area contributed by atoms with Crippen LogP contribution in [0.5, 0.6) is 0 Å². The maximum atomic E-state index is 12.9. The summed E-state index contributed by atoms with van der Waals surface area (Å²) in [5.74, 6) is 0. The second kappa shape index (κ2) is 22.4. The highest BCUT2D eigenvalue weighted by Gasteiger charge is 2.82. The minimum absolute atomic E-state index is 0.0318. The smallest absolute Gasteiger partial charge is 0.422 e. The second-order valence-electron chi connectivity index (χ2n) is 20.1. The molecule has 4 aliphatic rings. The first-order chi connectivity index (χ1) is 41.0. The number of hydrogen-bond acceptors (Lipinski definition) is 20. The minimum Gasteiger partial charge on any atom is -0.422 e. The van der Waals surface area contributed by atoms with Gasteiger partial charge >= 0.3 is 70.9 Å². The van der Waals surface area contributed by atoms with E-state index in [1.165, 1.54) is 48.5 Å². The SMILES string of the molecule is Cc1ccc([Si]23O[Si](O[SiH3])(c4ccc(S(=O)(=O)O)cc4)O[Si]4(c5ccc(S(=O)(=O)O)cc5)O[Si]5(c6ccc(S(=O)(=O)O)cc6)O[SiH](c6ccc(S(=O)(=O)O)cc6)O[Si](c6ccccc6)(O2)O[Si](c2ccc(C)cc2)(O5)O[Si](c2ccccc2)(O3)O4)cc1. The van der Waals surface area contributed by atoms with Gasteiger partial charge in [-0.1, -0.05) is 169 Å². The van der Waals surface area contributed by atoms with Crippen molar-refractivity contribution in [3.63, 3.8) is 0 Å². The molecule has 6 bridgehead atoms. The Hall–Kier alpha value is -5.13. The fourth-order valence-corrected chi connectivity index (χ4v) is 56.4. The third kappa shape index (κ3) is 11.6. The van der Waals surface area contributed by atoms with Crippen LogP contribution in [0, 0.1) is 13.8 Å². The molecular weight excluding hydrogens is 1370 g/mol. The van der Waals surface area contributed by atoms with Crippen molar-refractivity contribution in [1.29, 1.82) is 0 Å². The fourth-order valence-electron chi connectivity index (χ4n) is 9.93. The molecule has 8 aromatic rings. The van der Waals surface area contributed by atoms with E-state index in [1.807, 2.05) is 13.8 Å². The Bertz CT molecular complexity index is 4410. The molecule has 4 heterocycles. The van der Waals surface area contributed by atoms with Crippen LogP contribution in [0.15, 0.2) is 226 Å². The van der Waals surface area contributed by atoms with Crippen LogP contribution in [0.2, 0.25) is 0 Å². The van der Waals surface area contributed by atoms with E-state index in [1.54, 1.807) is 109 Å². The number of fused-ring (bicyclic) bond motifs is 4. The summed E-state index contributed by atoms with van der Waals surface area (Å²) >= 11 is 0. The molecule has 87 heavy (non-hydrogen) atoms. The Morgan fingerprint density at radius 3 is 0.874 bits per heavy atom. The van der Waals surface area contributed by atoms with Crippen molar-refractivity contribution in [3.8, 4) is 0 Å². The van der Waals surface area contributed by atoms with Crippen LogP contribution in [-0.4, -0.2) is 133 Å². The maximum Gasteiger partial charge on any atom is 0.515 e. The monoisotopic (exact) mass is 1410 g/mol. The van der Waals surface area contributed by atoms with Crippen molar-refractivity contribution in [3.05, 3.63) is 217 Å². The number of rotatable bonds is 13. The van der Waals surface area contributed by atoms with Crippen molar-refractivity contribution >= 4 is 163 Å². The van der Waals surface area contributed by atoms with E-state index in [0.29, 0.717) is 0 Å². The second-order valence-corrected chi connectivity index (χ2v) is 49.8. The van der Waals surface area contributed by atoms with Crippen molar-refractivity contribution in [2.45, 2.75) is 33.4 Å². The first-order valence-corrected chi connectivity index (χ1v) is 46.0. The minimum atomic E-state index is -5.72. The van der Waals surface area contributed by atoms with Gasteiger partial charge in [0.25, 0.3) is 40.5 Å². The average molecular weight is 1410 g/mol. The summed E-state index contributed by atoms with van der Waals surface area (Å²) in [6.45, 7) is 3.67. The average Bonchev–Trinajstić information content (AvgIpc) is 0.692. The molecule has 8 unspecified atom stereocenters. The summed E-state index contributed by atoms with van der Waals surface area (Å²) in [7, 11) is -62.2. The zero-order valence-electron chi connectivity index (χ0n) is 45.3. The molecule has 37 heteroatoms. The topological polar surface area (TPSA) is 328 Å². The van der Waals surface area contributed by atoms with Crippen LogP contribution in [0.3, 0.4) is 0 Å². The van der Waals surface area contributed by atoms with E-state index in [9.17, 15) is 51.9 Å². The van der Waals surface area contributed by atoms with Crippen LogP contribution in [0.1, 0.15) is 11.1 Å². The largest absolute Gasteiger partial charge is 0.515 e. The molecule has 4 fully saturated rings. The summed E-state index contributed by atoms with van der Waals surface area (Å²) in [6, 6.07) is 48.9. The van der Waals surface area contributed by atoms with Crippen LogP contribution in [-0.2, 0) is 89.9 Å². The molecule has 8 aromatic carbocycles. The van der Waals surface area contributed by atoms with Crippen LogP contribution in [0.25, 0.3) is 0 Å². The first kappa shape index (κ1) is 62.1. The molecule has 24 nitrogen and oxygen atoms in total. The molecule has 12 rings (SSSR count). The highest BCUT2D eigenvalue weighted by atomic mass is 32.2. The Balaban J connectivity index is 1.31. The lowest BCUT2D eigenvalue weighted by Gasteiger charge is -2.59. The molecule has 0 saturated carbocycles. The Morgan fingerprint density at radius 2 is 0.563 bits per heavy atom. The molecule has 4 N–H and O–H groups in total. The molecule has 452 valence electrons. The number of benzene rings is 8. The Morgan fingerprint density at radius 1 is 0.322 bits per heavy atom. The molecule has 0 amide bonds. The third-order valence-corrected chi connectivity index (χ3v) is 51.6. The third-order valence-electron chi connectivity index (χ3n) is 14.2. The molecule has 0 spiro atoms. The lowest BCUT2D eigenvalue weighted by molar-refractivity contribution is 0.0297. The van der Waals surface area contributed by atoms with Gasteiger partial charge < -0.3 is 49.4 Å². The standard InChI is InChI=1S/C50H48O24S4Si9/c1-37-13-27-48(28-14-37)85-66-81(63-79,46-31-19-40(20-32-46)76(54,55)56)67-86(50-35-23-42(24-36-50)78(60,61)62)70-83(47-33-21-41(22-34-47)77(57,58)59)65-80(43-25-17-39(18-26-43)75(51,52)53)64-82(68-85,44-9-5-3-6-10-44)69-87(71-83,49-29-15-38(2)16-30-49)74-84(72-85,73-86)45-11-7-4-8-12-45/h3-36,80H,1-2,79H3,(H,51,52,53)(H,54,55,56)(H,57,58,59)(H,60,61,62). The van der Waals surface area contributed by atoms with Gasteiger partial charge in [0.2, 0.25) is 0 Å². The number of hydrogen-bond donors (Lipinski definition) is 4. The first-order valence-electron chi connectivity index (χ1n) is 25.8. The van der Waals surface area contributed by atoms with Crippen LogP contribution < -0.4 is 41.5 Å². The summed E-state index contributed by atoms with van der Waals surface area (Å²) in [5, 5.41) is 0.586. The van der Waals surface area contributed by atoms with Gasteiger partial charge in [-0.15, -0.1) is 0 Å². The van der Waals surface area contributed by atoms with Gasteiger partial charge in [-0.2, -0.15) is 33.7 Å². The summed E-state index contributed by atoms with van der Waals surface area (Å²) in [5.41, 5.74) is 1.52. The molecular formula is C50H48O24S4Si9. The summed E-state index contributed by atoms with van der Waals surface area (Å²) in [6.07, 6.45) is 0. The van der Waals surface area contributed by atoms with E-state index in [2.05, 4.69) is 0 Å². The number of aryl methyl sites for hydroxylation is 2. The maximum absolute atomic E-state index is 12.9. The summed E-state index contributed by atoms with van der Waals surface area (Å²) < 4.78 is 238. The van der Waals surface area contributed by atoms with Gasteiger partial charge in [0.05, 0.1) is 19.6 Å². The van der Waals surface area contributed by atoms with Gasteiger partial charge in [0, 0.05) is 36.3 Å². The molecule has 4 aliphatic heterocycles. The van der Waals surface area contributed by atoms with E-state index >= 15 is 0 Å². The van der Waals surface area contributed by atoms with Crippen molar-refractivity contribution in [2.24, 2.45) is 0 Å². The van der Waals surface area contributed by atoms with Crippen LogP contribution in [0.4, 0.5) is 0 Å². The van der Waals surface area contributed by atoms with Gasteiger partial charge in [0.15, 0.2) is 0 Å². The van der Waals surface area contributed by atoms with E-state index in [4.69, 9.17) is 49.4 Å². The van der Waals surface area contributed by atoms with Gasteiger partial charge in [-0.05, 0) is 67.6 Å². The predicted octanol–water partition coefficient (Wildman–Crippen LogP) is -0.826. The molecule has 0 radical (unpaired) electrons. The lowest BCUT2D eigenvalue weighted by Crippen LogP contribution is -2.92. The highest BCUT2D eigenvalue weighted by Crippen LogP contribution is 2.45. The van der Waals surface area contributed by atoms with E-state index in [0.717, 1.165) is 59.7 Å². The predicted molar refractivity (Wildman–Crippen MR) is 328 cm³/mol. The Kier molecular flexibility index (Phi) is 16.0. The highest BCUT2D eigenvalue weighted by molar-refractivity contribution is 7.86. The van der Waals surface area contributed by atoms with E-state index < -0.39 is 131 Å². The molecule has 4 saturated heterocycles. The van der Waals surface area contributed by atoms with Crippen LogP contribution >= 0.6 is 0 Å².